The van der Waals surface area contributed by atoms with Gasteiger partial charge in [-0.15, -0.1) is 15.0 Å². The molecule has 0 aliphatic carbocycles. The minimum absolute atomic E-state index is 0.0186. The van der Waals surface area contributed by atoms with Crippen molar-refractivity contribution in [2.45, 2.75) is 0 Å². The average molecular weight is 322 g/mol. The number of halogens is 1. The van der Waals surface area contributed by atoms with Crippen LogP contribution in [-0.4, -0.2) is 30.3 Å². The molecule has 0 saturated heterocycles. The zero-order chi connectivity index (χ0) is 13.6. The van der Waals surface area contributed by atoms with Crippen LogP contribution in [-0.2, 0) is 0 Å². The smallest absolute Gasteiger partial charge is 0.169 e. The highest BCUT2D eigenvalue weighted by atomic mass is 79.9. The van der Waals surface area contributed by atoms with Crippen molar-refractivity contribution < 1.29 is 15.3 Å². The lowest BCUT2D eigenvalue weighted by Crippen LogP contribution is -1.99. The van der Waals surface area contributed by atoms with Gasteiger partial charge in [-0.25, -0.2) is 0 Å². The second kappa shape index (κ2) is 4.13. The van der Waals surface area contributed by atoms with Gasteiger partial charge >= 0.3 is 0 Å². The van der Waals surface area contributed by atoms with Crippen LogP contribution in [0.25, 0.3) is 16.7 Å². The van der Waals surface area contributed by atoms with E-state index in [-0.39, 0.29) is 22.9 Å². The second-order valence-electron chi connectivity index (χ2n) is 3.96. The molecule has 3 aromatic rings. The van der Waals surface area contributed by atoms with Crippen LogP contribution in [0.2, 0.25) is 0 Å². The van der Waals surface area contributed by atoms with Crippen LogP contribution in [0, 0.1) is 0 Å². The van der Waals surface area contributed by atoms with E-state index in [4.69, 9.17) is 0 Å². The third kappa shape index (κ3) is 1.97. The van der Waals surface area contributed by atoms with Crippen molar-refractivity contribution in [3.8, 4) is 22.9 Å². The molecular formula is C12H8BrN3O3. The van der Waals surface area contributed by atoms with Crippen molar-refractivity contribution in [3.05, 3.63) is 34.8 Å². The van der Waals surface area contributed by atoms with Gasteiger partial charge in [0.1, 0.15) is 16.8 Å². The molecule has 2 aromatic carbocycles. The zero-order valence-electron chi connectivity index (χ0n) is 9.45. The van der Waals surface area contributed by atoms with Crippen LogP contribution in [0.4, 0.5) is 0 Å². The number of hydrogen-bond acceptors (Lipinski definition) is 5. The van der Waals surface area contributed by atoms with E-state index in [9.17, 15) is 15.3 Å². The molecule has 0 fully saturated rings. The summed E-state index contributed by atoms with van der Waals surface area (Å²) in [6.45, 7) is 0. The molecule has 0 spiro atoms. The number of aromatic hydroxyl groups is 3. The Morgan fingerprint density at radius 1 is 0.895 bits per heavy atom. The van der Waals surface area contributed by atoms with E-state index in [0.29, 0.717) is 11.0 Å². The van der Waals surface area contributed by atoms with Crippen LogP contribution >= 0.6 is 15.9 Å². The third-order valence-electron chi connectivity index (χ3n) is 2.60. The average Bonchev–Trinajstić information content (AvgIpc) is 2.69. The summed E-state index contributed by atoms with van der Waals surface area (Å²) in [5.41, 5.74) is 1.25. The summed E-state index contributed by atoms with van der Waals surface area (Å²) in [5.74, 6) is -0.855. The number of aromatic nitrogens is 3. The maximum atomic E-state index is 9.78. The molecule has 19 heavy (non-hydrogen) atoms. The zero-order valence-corrected chi connectivity index (χ0v) is 11.0. The van der Waals surface area contributed by atoms with Gasteiger partial charge in [-0.2, -0.15) is 0 Å². The molecule has 96 valence electrons. The van der Waals surface area contributed by atoms with Gasteiger partial charge in [0, 0.05) is 16.6 Å². The van der Waals surface area contributed by atoms with Gasteiger partial charge in [0.25, 0.3) is 0 Å². The summed E-state index contributed by atoms with van der Waals surface area (Å²) in [6.07, 6.45) is 0. The van der Waals surface area contributed by atoms with Crippen molar-refractivity contribution in [1.82, 2.24) is 15.0 Å². The summed E-state index contributed by atoms with van der Waals surface area (Å²) < 4.78 is 0.853. The number of nitrogens with zero attached hydrogens (tertiary/aromatic N) is 3. The maximum absolute atomic E-state index is 9.78. The Hall–Kier alpha value is -2.28. The number of phenolic OH excluding ortho intramolecular Hbond substituents is 3. The van der Waals surface area contributed by atoms with Gasteiger partial charge in [0.15, 0.2) is 17.2 Å². The number of phenols is 3. The molecule has 0 saturated carbocycles. The van der Waals surface area contributed by atoms with Crippen LogP contribution in [0.5, 0.6) is 17.2 Å². The number of benzene rings is 2. The molecule has 0 atom stereocenters. The van der Waals surface area contributed by atoms with Gasteiger partial charge in [0.05, 0.1) is 0 Å². The Morgan fingerprint density at radius 2 is 1.53 bits per heavy atom. The van der Waals surface area contributed by atoms with Crippen LogP contribution < -0.4 is 0 Å². The highest BCUT2D eigenvalue weighted by Gasteiger charge is 2.15. The summed E-state index contributed by atoms with van der Waals surface area (Å²) >= 11 is 3.33. The first-order chi connectivity index (χ1) is 9.04. The van der Waals surface area contributed by atoms with E-state index >= 15 is 0 Å². The molecule has 0 radical (unpaired) electrons. The fourth-order valence-corrected chi connectivity index (χ4v) is 2.13. The van der Waals surface area contributed by atoms with E-state index in [1.54, 1.807) is 12.1 Å². The molecule has 3 N–H and O–H groups in total. The van der Waals surface area contributed by atoms with Gasteiger partial charge in [-0.1, -0.05) is 15.9 Å². The minimum atomic E-state index is -0.308. The molecule has 0 aliphatic heterocycles. The standard InChI is InChI=1S/C12H8BrN3O3/c13-6-1-2-8-9(3-6)15-16(14-8)12-10(18)4-7(17)5-11(12)19/h1-5,17-19H. The van der Waals surface area contributed by atoms with E-state index in [1.807, 2.05) is 6.07 Å². The van der Waals surface area contributed by atoms with Crippen molar-refractivity contribution >= 4 is 27.0 Å². The summed E-state index contributed by atoms with van der Waals surface area (Å²) in [6, 6.07) is 7.57. The number of hydrogen-bond donors (Lipinski definition) is 3. The summed E-state index contributed by atoms with van der Waals surface area (Å²) in [4.78, 5) is 1.13. The molecule has 7 heteroatoms. The van der Waals surface area contributed by atoms with E-state index in [0.717, 1.165) is 21.4 Å². The lowest BCUT2D eigenvalue weighted by molar-refractivity contribution is 0.420. The van der Waals surface area contributed by atoms with Gasteiger partial charge in [0.2, 0.25) is 0 Å². The Morgan fingerprint density at radius 3 is 2.21 bits per heavy atom. The fourth-order valence-electron chi connectivity index (χ4n) is 1.78. The highest BCUT2D eigenvalue weighted by Crippen LogP contribution is 2.34. The molecule has 0 unspecified atom stereocenters. The minimum Gasteiger partial charge on any atom is -0.508 e. The predicted octanol–water partition coefficient (Wildman–Crippen LogP) is 2.30. The second-order valence-corrected chi connectivity index (χ2v) is 4.87. The maximum Gasteiger partial charge on any atom is 0.169 e. The van der Waals surface area contributed by atoms with Gasteiger partial charge in [-0.3, -0.25) is 0 Å². The van der Waals surface area contributed by atoms with E-state index in [1.165, 1.54) is 0 Å². The first kappa shape index (κ1) is 11.8. The van der Waals surface area contributed by atoms with E-state index in [2.05, 4.69) is 26.1 Å². The van der Waals surface area contributed by atoms with Crippen molar-refractivity contribution in [3.63, 3.8) is 0 Å². The largest absolute Gasteiger partial charge is 0.508 e. The fraction of sp³-hybridized carbons (Fsp3) is 0. The first-order valence-electron chi connectivity index (χ1n) is 5.32. The topological polar surface area (TPSA) is 91.4 Å². The van der Waals surface area contributed by atoms with Crippen molar-refractivity contribution in [2.75, 3.05) is 0 Å². The van der Waals surface area contributed by atoms with Gasteiger partial charge in [-0.05, 0) is 18.2 Å². The van der Waals surface area contributed by atoms with Crippen LogP contribution in [0.1, 0.15) is 0 Å². The van der Waals surface area contributed by atoms with Crippen LogP contribution in [0.3, 0.4) is 0 Å². The summed E-state index contributed by atoms with van der Waals surface area (Å²) in [7, 11) is 0. The Bertz CT molecular complexity index is 762. The Labute approximate surface area is 115 Å². The van der Waals surface area contributed by atoms with Gasteiger partial charge < -0.3 is 15.3 Å². The molecule has 0 aliphatic rings. The molecule has 0 bridgehead atoms. The normalized spacial score (nSPS) is 11.0. The number of fused-ring (bicyclic) bond motifs is 1. The molecule has 1 heterocycles. The quantitative estimate of drug-likeness (QED) is 0.639. The predicted molar refractivity (Wildman–Crippen MR) is 71.6 cm³/mol. The highest BCUT2D eigenvalue weighted by molar-refractivity contribution is 9.10. The molecule has 0 amide bonds. The van der Waals surface area contributed by atoms with Crippen molar-refractivity contribution in [1.29, 1.82) is 0 Å². The molecule has 6 nitrogen and oxygen atoms in total. The third-order valence-corrected chi connectivity index (χ3v) is 3.09. The van der Waals surface area contributed by atoms with E-state index < -0.39 is 0 Å². The van der Waals surface area contributed by atoms with Crippen molar-refractivity contribution in [2.24, 2.45) is 0 Å². The SMILES string of the molecule is Oc1cc(O)c(-n2nc3ccc(Br)cc3n2)c(O)c1. The summed E-state index contributed by atoms with van der Waals surface area (Å²) in [5, 5.41) is 37.1. The number of rotatable bonds is 1. The molecular weight excluding hydrogens is 314 g/mol. The Balaban J connectivity index is 2.24. The first-order valence-corrected chi connectivity index (χ1v) is 6.12. The lowest BCUT2D eigenvalue weighted by atomic mass is 10.2. The van der Waals surface area contributed by atoms with Crippen LogP contribution in [0.15, 0.2) is 34.8 Å². The molecule has 1 aromatic heterocycles. The monoisotopic (exact) mass is 321 g/mol. The lowest BCUT2D eigenvalue weighted by Gasteiger charge is -2.05. The Kier molecular flexibility index (Phi) is 2.56. The molecule has 3 rings (SSSR count).